The summed E-state index contributed by atoms with van der Waals surface area (Å²) in [6.07, 6.45) is 0. The van der Waals surface area contributed by atoms with Gasteiger partial charge in [0.05, 0.1) is 24.4 Å². The standard InChI is InChI=1S/C22H30NO7P/c1-8-29-21(24)18-15(4)23(17-12-10-14(3)11-13-17)16(5)19(22(25)30-9-2)20(18)31(26,27-6)28-7/h10-13,20H,8-9H2,1-7H3. The Morgan fingerprint density at radius 3 is 1.65 bits per heavy atom. The number of hydrogen-bond donors (Lipinski definition) is 0. The number of anilines is 1. The normalized spacial score (nSPS) is 15.4. The first-order valence-electron chi connectivity index (χ1n) is 10.0. The molecule has 0 N–H and O–H groups in total. The Morgan fingerprint density at radius 2 is 1.29 bits per heavy atom. The number of rotatable bonds is 8. The molecule has 0 aromatic heterocycles. The molecule has 0 fully saturated rings. The average Bonchev–Trinajstić information content (AvgIpc) is 2.74. The topological polar surface area (TPSA) is 91.4 Å². The third-order valence-electron chi connectivity index (χ3n) is 5.11. The van der Waals surface area contributed by atoms with Crippen LogP contribution >= 0.6 is 7.60 Å². The van der Waals surface area contributed by atoms with Crippen molar-refractivity contribution >= 4 is 25.2 Å². The number of esters is 2. The molecule has 0 amide bonds. The van der Waals surface area contributed by atoms with E-state index in [0.717, 1.165) is 11.3 Å². The first-order chi connectivity index (χ1) is 14.7. The molecule has 31 heavy (non-hydrogen) atoms. The summed E-state index contributed by atoms with van der Waals surface area (Å²) in [5.74, 6) is -1.41. The summed E-state index contributed by atoms with van der Waals surface area (Å²) in [5, 5.41) is 0. The predicted octanol–water partition coefficient (Wildman–Crippen LogP) is 4.34. The average molecular weight is 451 g/mol. The van der Waals surface area contributed by atoms with Crippen molar-refractivity contribution in [2.45, 2.75) is 40.3 Å². The zero-order valence-corrected chi connectivity index (χ0v) is 19.9. The van der Waals surface area contributed by atoms with E-state index in [1.807, 2.05) is 31.2 Å². The molecule has 170 valence electrons. The minimum atomic E-state index is -3.97. The van der Waals surface area contributed by atoms with Crippen LogP contribution in [0.2, 0.25) is 0 Å². The second-order valence-electron chi connectivity index (χ2n) is 6.92. The van der Waals surface area contributed by atoms with Crippen LogP contribution in [0.3, 0.4) is 0 Å². The van der Waals surface area contributed by atoms with E-state index in [0.29, 0.717) is 11.4 Å². The first kappa shape index (κ1) is 24.9. The highest BCUT2D eigenvalue weighted by Crippen LogP contribution is 2.59. The van der Waals surface area contributed by atoms with Crippen LogP contribution in [0.4, 0.5) is 5.69 Å². The van der Waals surface area contributed by atoms with Crippen molar-refractivity contribution in [3.63, 3.8) is 0 Å². The molecule has 0 saturated heterocycles. The zero-order valence-electron chi connectivity index (χ0n) is 19.1. The van der Waals surface area contributed by atoms with Gasteiger partial charge in [-0.3, -0.25) is 4.57 Å². The quantitative estimate of drug-likeness (QED) is 0.426. The van der Waals surface area contributed by atoms with Crippen molar-refractivity contribution in [3.8, 4) is 0 Å². The SMILES string of the molecule is CCOC(=O)C1=C(C)N(c2ccc(C)cc2)C(C)=C(C(=O)OCC)C1P(=O)(OC)OC. The molecular weight excluding hydrogens is 421 g/mol. The maximum absolute atomic E-state index is 13.6. The maximum Gasteiger partial charge on any atom is 0.342 e. The van der Waals surface area contributed by atoms with E-state index < -0.39 is 25.2 Å². The largest absolute Gasteiger partial charge is 0.463 e. The Kier molecular flexibility index (Phi) is 8.23. The molecule has 0 bridgehead atoms. The van der Waals surface area contributed by atoms with Crippen molar-refractivity contribution in [1.29, 1.82) is 0 Å². The van der Waals surface area contributed by atoms with Gasteiger partial charge in [-0.1, -0.05) is 17.7 Å². The molecule has 1 aromatic rings. The predicted molar refractivity (Wildman–Crippen MR) is 118 cm³/mol. The van der Waals surface area contributed by atoms with Gasteiger partial charge in [-0.2, -0.15) is 0 Å². The van der Waals surface area contributed by atoms with Crippen LogP contribution in [-0.2, 0) is 32.7 Å². The minimum Gasteiger partial charge on any atom is -0.463 e. The number of benzene rings is 1. The van der Waals surface area contributed by atoms with Gasteiger partial charge in [0.25, 0.3) is 0 Å². The second kappa shape index (κ2) is 10.3. The molecule has 0 spiro atoms. The number of aryl methyl sites for hydroxylation is 1. The van der Waals surface area contributed by atoms with Gasteiger partial charge >= 0.3 is 19.5 Å². The monoisotopic (exact) mass is 451 g/mol. The van der Waals surface area contributed by atoms with Crippen molar-refractivity contribution in [2.24, 2.45) is 0 Å². The number of ether oxygens (including phenoxy) is 2. The van der Waals surface area contributed by atoms with Gasteiger partial charge in [0, 0.05) is 31.3 Å². The fraction of sp³-hybridized carbons (Fsp3) is 0.455. The van der Waals surface area contributed by atoms with E-state index in [2.05, 4.69) is 0 Å². The molecule has 0 unspecified atom stereocenters. The van der Waals surface area contributed by atoms with E-state index in [4.69, 9.17) is 18.5 Å². The highest BCUT2D eigenvalue weighted by Gasteiger charge is 2.50. The second-order valence-corrected chi connectivity index (χ2v) is 9.24. The Labute approximate surface area is 183 Å². The number of nitrogens with zero attached hydrogens (tertiary/aromatic N) is 1. The molecule has 0 aliphatic carbocycles. The van der Waals surface area contributed by atoms with Gasteiger partial charge in [0.1, 0.15) is 5.66 Å². The van der Waals surface area contributed by atoms with Gasteiger partial charge in [0.2, 0.25) is 0 Å². The summed E-state index contributed by atoms with van der Waals surface area (Å²) in [7, 11) is -1.54. The van der Waals surface area contributed by atoms with E-state index in [9.17, 15) is 14.2 Å². The Balaban J connectivity index is 2.89. The Bertz CT molecular complexity index is 899. The van der Waals surface area contributed by atoms with E-state index in [1.165, 1.54) is 14.2 Å². The number of carbonyl (C=O) groups is 2. The summed E-state index contributed by atoms with van der Waals surface area (Å²) >= 11 is 0. The molecule has 1 aliphatic heterocycles. The third-order valence-corrected chi connectivity index (χ3v) is 7.27. The smallest absolute Gasteiger partial charge is 0.342 e. The lowest BCUT2D eigenvalue weighted by atomic mass is 9.95. The van der Waals surface area contributed by atoms with Crippen LogP contribution < -0.4 is 4.90 Å². The number of allylic oxidation sites excluding steroid dienone is 2. The van der Waals surface area contributed by atoms with Crippen molar-refractivity contribution in [2.75, 3.05) is 32.3 Å². The van der Waals surface area contributed by atoms with Crippen LogP contribution in [0.25, 0.3) is 0 Å². The van der Waals surface area contributed by atoms with Crippen LogP contribution in [-0.4, -0.2) is 45.0 Å². The molecule has 2 rings (SSSR count). The molecular formula is C22H30NO7P. The molecule has 1 aliphatic rings. The van der Waals surface area contributed by atoms with E-state index in [1.54, 1.807) is 32.6 Å². The zero-order chi connectivity index (χ0) is 23.3. The van der Waals surface area contributed by atoms with Gasteiger partial charge < -0.3 is 23.4 Å². The minimum absolute atomic E-state index is 0.0307. The van der Waals surface area contributed by atoms with Crippen molar-refractivity contribution < 1.29 is 32.7 Å². The van der Waals surface area contributed by atoms with Crippen LogP contribution in [0.15, 0.2) is 46.8 Å². The molecule has 1 aromatic carbocycles. The summed E-state index contributed by atoms with van der Waals surface area (Å²) in [6.45, 7) is 8.93. The number of hydrogen-bond acceptors (Lipinski definition) is 8. The fourth-order valence-electron chi connectivity index (χ4n) is 3.65. The Hall–Kier alpha value is -2.41. The van der Waals surface area contributed by atoms with Crippen molar-refractivity contribution in [3.05, 3.63) is 52.4 Å². The Morgan fingerprint density at radius 1 is 0.871 bits per heavy atom. The molecule has 9 heteroatoms. The summed E-state index contributed by atoms with van der Waals surface area (Å²) < 4.78 is 34.6. The van der Waals surface area contributed by atoms with Crippen LogP contribution in [0.5, 0.6) is 0 Å². The van der Waals surface area contributed by atoms with Gasteiger partial charge in [0.15, 0.2) is 0 Å². The molecule has 0 radical (unpaired) electrons. The molecule has 8 nitrogen and oxygen atoms in total. The van der Waals surface area contributed by atoms with Crippen LogP contribution in [0, 0.1) is 6.92 Å². The highest BCUT2D eigenvalue weighted by atomic mass is 31.2. The van der Waals surface area contributed by atoms with E-state index in [-0.39, 0.29) is 24.4 Å². The van der Waals surface area contributed by atoms with Gasteiger partial charge in [-0.25, -0.2) is 9.59 Å². The highest BCUT2D eigenvalue weighted by molar-refractivity contribution is 7.55. The van der Waals surface area contributed by atoms with Crippen molar-refractivity contribution in [1.82, 2.24) is 0 Å². The molecule has 0 atom stereocenters. The maximum atomic E-state index is 13.6. The molecule has 0 saturated carbocycles. The molecule has 1 heterocycles. The lowest BCUT2D eigenvalue weighted by molar-refractivity contribution is -0.139. The van der Waals surface area contributed by atoms with Gasteiger partial charge in [-0.15, -0.1) is 0 Å². The van der Waals surface area contributed by atoms with E-state index >= 15 is 0 Å². The summed E-state index contributed by atoms with van der Waals surface area (Å²) in [6, 6.07) is 7.59. The van der Waals surface area contributed by atoms with Gasteiger partial charge in [-0.05, 0) is 46.8 Å². The number of carbonyl (C=O) groups excluding carboxylic acids is 2. The van der Waals surface area contributed by atoms with Crippen LogP contribution in [0.1, 0.15) is 33.3 Å². The summed E-state index contributed by atoms with van der Waals surface area (Å²) in [5.41, 5.74) is 1.49. The third kappa shape index (κ3) is 4.76. The lowest BCUT2D eigenvalue weighted by Crippen LogP contribution is -2.39. The first-order valence-corrected chi connectivity index (χ1v) is 11.6. The lowest BCUT2D eigenvalue weighted by Gasteiger charge is -2.39. The fourth-order valence-corrected chi connectivity index (χ4v) is 5.44. The summed E-state index contributed by atoms with van der Waals surface area (Å²) in [4.78, 5) is 27.8.